The van der Waals surface area contributed by atoms with Crippen LogP contribution in [0.1, 0.15) is 17.1 Å². The number of carbonyl (C=O) groups is 1. The van der Waals surface area contributed by atoms with Crippen LogP contribution >= 0.6 is 11.3 Å². The minimum atomic E-state index is -0.234. The average Bonchev–Trinajstić information content (AvgIpc) is 3.04. The maximum Gasteiger partial charge on any atom is 0.239 e. The first kappa shape index (κ1) is 13.7. The zero-order valence-electron chi connectivity index (χ0n) is 11.5. The summed E-state index contributed by atoms with van der Waals surface area (Å²) in [5, 5.41) is 5.18. The van der Waals surface area contributed by atoms with E-state index in [4.69, 9.17) is 5.73 Å². The van der Waals surface area contributed by atoms with Crippen LogP contribution in [0.5, 0.6) is 0 Å². The normalized spacial score (nSPS) is 11.0. The summed E-state index contributed by atoms with van der Waals surface area (Å²) in [5.74, 6) is -0.234. The quantitative estimate of drug-likeness (QED) is 0.766. The molecule has 0 spiro atoms. The van der Waals surface area contributed by atoms with Crippen molar-refractivity contribution in [1.29, 1.82) is 0 Å². The molecular weight excluding hydrogens is 286 g/mol. The highest BCUT2D eigenvalue weighted by atomic mass is 32.1. The molecule has 1 amide bonds. The van der Waals surface area contributed by atoms with Crippen LogP contribution in [0.2, 0.25) is 0 Å². The Hall–Kier alpha value is -2.25. The van der Waals surface area contributed by atoms with Gasteiger partial charge in [-0.25, -0.2) is 9.97 Å². The zero-order chi connectivity index (χ0) is 14.8. The second-order valence-electron chi connectivity index (χ2n) is 4.65. The molecule has 0 aliphatic heterocycles. The van der Waals surface area contributed by atoms with Crippen molar-refractivity contribution in [2.24, 2.45) is 5.73 Å². The van der Waals surface area contributed by atoms with E-state index in [-0.39, 0.29) is 12.5 Å². The molecule has 0 bridgehead atoms. The van der Waals surface area contributed by atoms with E-state index in [2.05, 4.69) is 19.7 Å². The molecule has 21 heavy (non-hydrogen) atoms. The van der Waals surface area contributed by atoms with Gasteiger partial charge in [0.2, 0.25) is 5.91 Å². The Bertz CT molecular complexity index is 792. The van der Waals surface area contributed by atoms with Gasteiger partial charge < -0.3 is 15.5 Å². The molecule has 3 heterocycles. The number of hydrogen-bond donors (Lipinski definition) is 2. The van der Waals surface area contributed by atoms with Gasteiger partial charge in [-0.2, -0.15) is 0 Å². The summed E-state index contributed by atoms with van der Waals surface area (Å²) in [5.41, 5.74) is 9.20. The van der Waals surface area contributed by atoms with E-state index in [1.54, 1.807) is 0 Å². The molecule has 0 aliphatic rings. The molecule has 6 nitrogen and oxygen atoms in total. The number of hydrogen-bond acceptors (Lipinski definition) is 5. The van der Waals surface area contributed by atoms with Crippen molar-refractivity contribution in [3.05, 3.63) is 46.9 Å². The maximum atomic E-state index is 11.3. The fraction of sp³-hybridized carbons (Fsp3) is 0.214. The van der Waals surface area contributed by atoms with Crippen LogP contribution in [0.15, 0.2) is 29.8 Å². The van der Waals surface area contributed by atoms with E-state index >= 15 is 0 Å². The van der Waals surface area contributed by atoms with Crippen LogP contribution in [-0.2, 0) is 11.2 Å². The van der Waals surface area contributed by atoms with Gasteiger partial charge in [-0.15, -0.1) is 11.3 Å². The van der Waals surface area contributed by atoms with Gasteiger partial charge >= 0.3 is 0 Å². The summed E-state index contributed by atoms with van der Waals surface area (Å²) < 4.78 is 2.06. The number of imidazole rings is 1. The molecule has 108 valence electrons. The molecule has 3 aromatic rings. The number of anilines is 1. The number of nitrogens with two attached hydrogens (primary N) is 1. The third-order valence-electron chi connectivity index (χ3n) is 3.16. The molecule has 0 saturated carbocycles. The molecule has 7 heteroatoms. The van der Waals surface area contributed by atoms with Gasteiger partial charge in [-0.05, 0) is 19.1 Å². The lowest BCUT2D eigenvalue weighted by atomic mass is 10.2. The standard InChI is InChI=1S/C14H15N5OS/c1-9-11(19-5-3-2-4-12(19)16-9)6-10-8-21-14(17-10)18-13(20)7-15/h2-5,8H,6-7,15H2,1H3,(H,17,18,20). The van der Waals surface area contributed by atoms with Crippen LogP contribution < -0.4 is 11.1 Å². The second-order valence-corrected chi connectivity index (χ2v) is 5.50. The predicted molar refractivity (Wildman–Crippen MR) is 82.5 cm³/mol. The summed E-state index contributed by atoms with van der Waals surface area (Å²) >= 11 is 1.40. The molecule has 0 atom stereocenters. The molecule has 3 N–H and O–H groups in total. The van der Waals surface area contributed by atoms with Crippen molar-refractivity contribution in [1.82, 2.24) is 14.4 Å². The van der Waals surface area contributed by atoms with Gasteiger partial charge in [0.25, 0.3) is 0 Å². The number of pyridine rings is 1. The summed E-state index contributed by atoms with van der Waals surface area (Å²) in [7, 11) is 0. The lowest BCUT2D eigenvalue weighted by molar-refractivity contribution is -0.114. The van der Waals surface area contributed by atoms with Crippen LogP contribution in [0.4, 0.5) is 5.13 Å². The lowest BCUT2D eigenvalue weighted by Gasteiger charge is -2.01. The number of thiazole rings is 1. The zero-order valence-corrected chi connectivity index (χ0v) is 12.4. The Balaban J connectivity index is 1.85. The van der Waals surface area contributed by atoms with Gasteiger partial charge in [0.05, 0.1) is 23.6 Å². The first-order chi connectivity index (χ1) is 10.2. The number of fused-ring (bicyclic) bond motifs is 1. The number of aryl methyl sites for hydroxylation is 1. The van der Waals surface area contributed by atoms with Crippen molar-refractivity contribution >= 4 is 28.0 Å². The van der Waals surface area contributed by atoms with Gasteiger partial charge in [-0.1, -0.05) is 6.07 Å². The van der Waals surface area contributed by atoms with E-state index in [0.717, 1.165) is 22.7 Å². The lowest BCUT2D eigenvalue weighted by Crippen LogP contribution is -2.21. The number of nitrogens with one attached hydrogen (secondary N) is 1. The van der Waals surface area contributed by atoms with Crippen LogP contribution in [0.25, 0.3) is 5.65 Å². The van der Waals surface area contributed by atoms with Crippen LogP contribution in [0, 0.1) is 6.92 Å². The summed E-state index contributed by atoms with van der Waals surface area (Å²) in [6.07, 6.45) is 2.67. The minimum absolute atomic E-state index is 0.0404. The van der Waals surface area contributed by atoms with Crippen LogP contribution in [0.3, 0.4) is 0 Å². The van der Waals surface area contributed by atoms with Crippen molar-refractivity contribution in [3.8, 4) is 0 Å². The van der Waals surface area contributed by atoms with Gasteiger partial charge in [-0.3, -0.25) is 4.79 Å². The first-order valence-corrected chi connectivity index (χ1v) is 7.42. The Morgan fingerprint density at radius 2 is 2.29 bits per heavy atom. The van der Waals surface area contributed by atoms with E-state index in [0.29, 0.717) is 11.6 Å². The monoisotopic (exact) mass is 301 g/mol. The SMILES string of the molecule is Cc1nc2ccccn2c1Cc1csc(NC(=O)CN)n1. The number of amides is 1. The first-order valence-electron chi connectivity index (χ1n) is 6.54. The van der Waals surface area contributed by atoms with Gasteiger partial charge in [0, 0.05) is 18.0 Å². The van der Waals surface area contributed by atoms with E-state index < -0.39 is 0 Å². The molecule has 3 rings (SSSR count). The van der Waals surface area contributed by atoms with Crippen molar-refractivity contribution < 1.29 is 4.79 Å². The van der Waals surface area contributed by atoms with Crippen molar-refractivity contribution in [2.75, 3.05) is 11.9 Å². The van der Waals surface area contributed by atoms with Crippen molar-refractivity contribution in [3.63, 3.8) is 0 Å². The average molecular weight is 301 g/mol. The van der Waals surface area contributed by atoms with E-state index in [1.165, 1.54) is 11.3 Å². The Morgan fingerprint density at radius 3 is 3.10 bits per heavy atom. The summed E-state index contributed by atoms with van der Waals surface area (Å²) in [4.78, 5) is 20.2. The highest BCUT2D eigenvalue weighted by Gasteiger charge is 2.11. The molecule has 3 aromatic heterocycles. The fourth-order valence-corrected chi connectivity index (χ4v) is 2.89. The number of nitrogens with zero attached hydrogens (tertiary/aromatic N) is 3. The van der Waals surface area contributed by atoms with Gasteiger partial charge in [0.15, 0.2) is 5.13 Å². The number of carbonyl (C=O) groups excluding carboxylic acids is 1. The molecule has 0 saturated heterocycles. The molecular formula is C14H15N5OS. The maximum absolute atomic E-state index is 11.3. The Labute approximate surface area is 125 Å². The predicted octanol–water partition coefficient (Wildman–Crippen LogP) is 1.59. The van der Waals surface area contributed by atoms with E-state index in [1.807, 2.05) is 36.7 Å². The van der Waals surface area contributed by atoms with Gasteiger partial charge in [0.1, 0.15) is 5.65 Å². The van der Waals surface area contributed by atoms with E-state index in [9.17, 15) is 4.79 Å². The molecule has 0 aliphatic carbocycles. The Morgan fingerprint density at radius 1 is 1.43 bits per heavy atom. The Kier molecular flexibility index (Phi) is 3.68. The topological polar surface area (TPSA) is 85.3 Å². The highest BCUT2D eigenvalue weighted by molar-refractivity contribution is 7.13. The fourth-order valence-electron chi connectivity index (χ4n) is 2.16. The molecule has 0 unspecified atom stereocenters. The summed E-state index contributed by atoms with van der Waals surface area (Å²) in [6.45, 7) is 1.95. The second kappa shape index (κ2) is 5.63. The molecule has 0 aromatic carbocycles. The number of aromatic nitrogens is 3. The van der Waals surface area contributed by atoms with Crippen molar-refractivity contribution in [2.45, 2.75) is 13.3 Å². The van der Waals surface area contributed by atoms with Crippen LogP contribution in [-0.4, -0.2) is 26.8 Å². The minimum Gasteiger partial charge on any atom is -0.322 e. The highest BCUT2D eigenvalue weighted by Crippen LogP contribution is 2.20. The largest absolute Gasteiger partial charge is 0.322 e. The third kappa shape index (κ3) is 2.79. The third-order valence-corrected chi connectivity index (χ3v) is 3.97. The summed E-state index contributed by atoms with van der Waals surface area (Å²) in [6, 6.07) is 5.92. The molecule has 0 radical (unpaired) electrons. The molecule has 0 fully saturated rings. The number of rotatable bonds is 4. The smallest absolute Gasteiger partial charge is 0.239 e.